The Labute approximate surface area is 516 Å². The molecule has 0 bridgehead atoms. The predicted molar refractivity (Wildman–Crippen MR) is 337 cm³/mol. The number of pyridine rings is 3. The molecule has 21 heteroatoms. The quantitative estimate of drug-likeness (QED) is 0.0494. The molecule has 17 nitrogen and oxygen atoms in total. The lowest BCUT2D eigenvalue weighted by atomic mass is 9.65. The van der Waals surface area contributed by atoms with Crippen molar-refractivity contribution in [1.82, 2.24) is 59.6 Å². The number of hydrogen-bond donors (Lipinski definition) is 4. The number of β-amino-alcohol motifs (C(OH)–C–C–N with tert-alkyl or cyclic N) is 1. The molecule has 1 saturated heterocycles. The molecule has 0 spiro atoms. The Morgan fingerprint density at radius 1 is 0.667 bits per heavy atom. The van der Waals surface area contributed by atoms with E-state index in [0.29, 0.717) is 110 Å². The number of hydrogen-bond acceptors (Lipinski definition) is 14. The second-order valence-electron chi connectivity index (χ2n) is 21.8. The van der Waals surface area contributed by atoms with Crippen LogP contribution < -0.4 is 14.2 Å². The van der Waals surface area contributed by atoms with Gasteiger partial charge in [-0.1, -0.05) is 23.7 Å². The molecule has 1 saturated carbocycles. The highest BCUT2D eigenvalue weighted by atomic mass is 79.9. The smallest absolute Gasteiger partial charge is 0.194 e. The summed E-state index contributed by atoms with van der Waals surface area (Å²) in [5.41, 5.74) is 5.93. The summed E-state index contributed by atoms with van der Waals surface area (Å²) in [6.07, 6.45) is 9.47. The molecule has 0 radical (unpaired) electrons. The molecular formula is C63H61Br3ClN13O4. The van der Waals surface area contributed by atoms with Crippen molar-refractivity contribution < 1.29 is 19.3 Å². The zero-order valence-corrected chi connectivity index (χ0v) is 51.6. The lowest BCUT2D eigenvalue weighted by molar-refractivity contribution is -0.186. The van der Waals surface area contributed by atoms with Crippen molar-refractivity contribution in [2.45, 2.75) is 62.8 Å². The molecule has 1 aliphatic heterocycles. The van der Waals surface area contributed by atoms with Crippen LogP contribution in [-0.4, -0.2) is 142 Å². The third kappa shape index (κ3) is 12.9. The van der Waals surface area contributed by atoms with Gasteiger partial charge in [0.15, 0.2) is 22.7 Å². The van der Waals surface area contributed by atoms with Crippen LogP contribution in [0.2, 0.25) is 5.02 Å². The molecule has 4 aromatic carbocycles. The molecule has 430 valence electrons. The summed E-state index contributed by atoms with van der Waals surface area (Å²) in [6.45, 7) is 3.96. The fraction of sp³-hybridized carbons (Fsp3) is 0.317. The van der Waals surface area contributed by atoms with E-state index in [1.807, 2.05) is 103 Å². The number of fused-ring (bicyclic) bond motifs is 3. The second kappa shape index (κ2) is 25.4. The highest BCUT2D eigenvalue weighted by molar-refractivity contribution is 9.11. The highest BCUT2D eigenvalue weighted by Gasteiger charge is 2.60. The maximum Gasteiger partial charge on any atom is 0.194 e. The molecule has 10 aromatic rings. The van der Waals surface area contributed by atoms with E-state index in [9.17, 15) is 10.4 Å². The van der Waals surface area contributed by atoms with Crippen LogP contribution in [0.15, 0.2) is 147 Å². The van der Waals surface area contributed by atoms with Gasteiger partial charge in [0.1, 0.15) is 53.4 Å². The number of benzene rings is 4. The molecule has 84 heavy (non-hydrogen) atoms. The van der Waals surface area contributed by atoms with Crippen LogP contribution in [0.4, 0.5) is 0 Å². The number of halogens is 4. The third-order valence-electron chi connectivity index (χ3n) is 16.3. The fourth-order valence-electron chi connectivity index (χ4n) is 11.8. The topological polar surface area (TPSA) is 206 Å². The molecule has 12 rings (SSSR count). The summed E-state index contributed by atoms with van der Waals surface area (Å²) in [7, 11) is 2.15. The number of rotatable bonds is 21. The number of aliphatic hydroxyl groups is 1. The van der Waals surface area contributed by atoms with Crippen molar-refractivity contribution in [2.75, 3.05) is 59.5 Å². The molecule has 2 aliphatic rings. The van der Waals surface area contributed by atoms with E-state index in [1.165, 1.54) is 0 Å². The summed E-state index contributed by atoms with van der Waals surface area (Å²) >= 11 is 17.0. The Hall–Kier alpha value is -6.80. The van der Waals surface area contributed by atoms with Gasteiger partial charge in [0.2, 0.25) is 0 Å². The molecule has 4 N–H and O–H groups in total. The molecule has 1 aliphatic carbocycles. The fourth-order valence-corrected chi connectivity index (χ4v) is 13.0. The van der Waals surface area contributed by atoms with Crippen LogP contribution in [0, 0.1) is 16.7 Å². The normalized spacial score (nSPS) is 18.4. The summed E-state index contributed by atoms with van der Waals surface area (Å²) in [6, 6.07) is 40.8. The molecule has 2 atom stereocenters. The van der Waals surface area contributed by atoms with Crippen LogP contribution in [0.25, 0.3) is 67.7 Å². The largest absolute Gasteiger partial charge is 0.492 e. The number of aromatic amines is 3. The van der Waals surface area contributed by atoms with Crippen molar-refractivity contribution in [2.24, 2.45) is 5.41 Å². The zero-order valence-electron chi connectivity index (χ0n) is 46.1. The van der Waals surface area contributed by atoms with E-state index in [0.717, 1.165) is 89.6 Å². The van der Waals surface area contributed by atoms with Gasteiger partial charge in [-0.25, -0.2) is 29.9 Å². The van der Waals surface area contributed by atoms with Crippen molar-refractivity contribution in [3.63, 3.8) is 0 Å². The van der Waals surface area contributed by atoms with Crippen molar-refractivity contribution in [1.29, 1.82) is 5.26 Å². The SMILES string of the molecule is CN(CCOc1ccc(-c2nc3ncc(Br)cc3[nH]2)cc1)C1CCC(C#N)(C(CN2CCCC(O)C2)(Oc2ccc(-c3nc4ncc(Br)cc4[nH]3)cc2)N(CCOc2ccc(-c3nc4ncc(Br)cc4[nH]3)cc2)CCc2ccc(Cl)cc2)CC1. The van der Waals surface area contributed by atoms with Gasteiger partial charge in [-0.15, -0.1) is 0 Å². The van der Waals surface area contributed by atoms with Gasteiger partial charge in [0.05, 0.1) is 35.3 Å². The van der Waals surface area contributed by atoms with Gasteiger partial charge in [-0.2, -0.15) is 5.26 Å². The van der Waals surface area contributed by atoms with Crippen molar-refractivity contribution in [3.05, 3.63) is 158 Å². The average Bonchev–Trinajstić information content (AvgIpc) is 1.81. The number of imidazole rings is 3. The first-order chi connectivity index (χ1) is 40.9. The number of piperidine rings is 1. The van der Waals surface area contributed by atoms with E-state index in [1.54, 1.807) is 18.6 Å². The first-order valence-electron chi connectivity index (χ1n) is 28.2. The zero-order chi connectivity index (χ0) is 57.8. The number of nitrogens with zero attached hydrogens (tertiary/aromatic N) is 10. The van der Waals surface area contributed by atoms with Crippen LogP contribution in [0.5, 0.6) is 17.2 Å². The lowest BCUT2D eigenvalue weighted by Crippen LogP contribution is -2.70. The second-order valence-corrected chi connectivity index (χ2v) is 25.0. The van der Waals surface area contributed by atoms with Gasteiger partial charge in [0, 0.05) is 85.9 Å². The van der Waals surface area contributed by atoms with Crippen LogP contribution in [0.1, 0.15) is 44.1 Å². The molecule has 6 aromatic heterocycles. The average molecular weight is 1340 g/mol. The van der Waals surface area contributed by atoms with Gasteiger partial charge in [-0.3, -0.25) is 9.80 Å². The van der Waals surface area contributed by atoms with Gasteiger partial charge in [0.25, 0.3) is 0 Å². The Balaban J connectivity index is 0.835. The van der Waals surface area contributed by atoms with E-state index >= 15 is 0 Å². The van der Waals surface area contributed by atoms with E-state index in [-0.39, 0.29) is 12.6 Å². The number of aliphatic hydroxyl groups excluding tert-OH is 1. The number of nitriles is 1. The van der Waals surface area contributed by atoms with Gasteiger partial charge >= 0.3 is 0 Å². The van der Waals surface area contributed by atoms with E-state index in [2.05, 4.69) is 123 Å². The van der Waals surface area contributed by atoms with Gasteiger partial charge in [-0.05, 0) is 215 Å². The summed E-state index contributed by atoms with van der Waals surface area (Å²) in [5, 5.41) is 24.1. The Kier molecular flexibility index (Phi) is 17.4. The molecule has 0 amide bonds. The lowest BCUT2D eigenvalue weighted by Gasteiger charge is -2.56. The van der Waals surface area contributed by atoms with Crippen molar-refractivity contribution in [3.8, 4) is 57.5 Å². The number of H-pyrrole nitrogens is 3. The minimum Gasteiger partial charge on any atom is -0.492 e. The van der Waals surface area contributed by atoms with Gasteiger partial charge < -0.3 is 39.2 Å². The van der Waals surface area contributed by atoms with E-state index in [4.69, 9.17) is 35.8 Å². The first-order valence-corrected chi connectivity index (χ1v) is 30.9. The third-order valence-corrected chi connectivity index (χ3v) is 17.9. The standard InChI is InChI=1S/C63H61Br3ClN13O4/c1-78(27-29-82-50-14-6-41(7-15-50)56-72-53-31-44(64)34-69-59(53)75-56)48-20-23-62(38-68,24-21-48)63(39-79-25-2-3-49(81)37-79,84-52-18-10-43(11-19-52)58-74-55-33-46(66)36-71-61(55)77-58)80(26-22-40-4-12-47(67)13-5-40)28-30-83-51-16-8-42(9-17-51)57-73-54-32-45(65)35-70-60(54)76-57/h4-19,31-36,48-49,81H,2-3,20-30,37,39H2,1H3,(H,69,72,75)(H,70,73,76)(H,71,74,77). The molecule has 7 heterocycles. The van der Waals surface area contributed by atoms with Crippen molar-refractivity contribution >= 4 is 92.9 Å². The number of ether oxygens (including phenoxy) is 3. The van der Waals surface area contributed by atoms with Crippen LogP contribution >= 0.6 is 59.4 Å². The predicted octanol–water partition coefficient (Wildman–Crippen LogP) is 13.1. The minimum atomic E-state index is -1.26. The van der Waals surface area contributed by atoms with Crippen LogP contribution in [-0.2, 0) is 6.42 Å². The molecule has 2 fully saturated rings. The Morgan fingerprint density at radius 2 is 1.14 bits per heavy atom. The summed E-state index contributed by atoms with van der Waals surface area (Å²) in [4.78, 5) is 44.8. The Morgan fingerprint density at radius 3 is 1.62 bits per heavy atom. The summed E-state index contributed by atoms with van der Waals surface area (Å²) in [5.74, 6) is 4.20. The minimum absolute atomic E-state index is 0.179. The monoisotopic (exact) mass is 1340 g/mol. The Bertz CT molecular complexity index is 3930. The van der Waals surface area contributed by atoms with Crippen LogP contribution in [0.3, 0.4) is 0 Å². The first kappa shape index (κ1) is 57.6. The molecule has 2 unspecified atom stereocenters. The highest BCUT2D eigenvalue weighted by Crippen LogP contribution is 2.50. The number of aromatic nitrogens is 9. The number of likely N-dealkylation sites (N-methyl/N-ethyl adjacent to an activating group) is 1. The number of nitrogens with one attached hydrogen (secondary N) is 3. The molecular weight excluding hydrogens is 1280 g/mol. The van der Waals surface area contributed by atoms with E-state index < -0.39 is 17.2 Å². The maximum atomic E-state index is 12.1. The maximum absolute atomic E-state index is 12.1. The number of likely N-dealkylation sites (tertiary alicyclic amines) is 1. The summed E-state index contributed by atoms with van der Waals surface area (Å²) < 4.78 is 23.4.